The van der Waals surface area contributed by atoms with E-state index in [0.717, 1.165) is 18.6 Å². The van der Waals surface area contributed by atoms with Gasteiger partial charge in [0.25, 0.3) is 0 Å². The SMILES string of the molecule is CCc1cnc(CNC(=O)C2CC3CCCCC3N2)o1. The number of nitrogens with zero attached hydrogens (tertiary/aromatic N) is 1. The van der Waals surface area contributed by atoms with Crippen molar-refractivity contribution in [2.45, 2.75) is 64.1 Å². The molecule has 1 saturated heterocycles. The Kier molecular flexibility index (Phi) is 4.05. The molecule has 0 bridgehead atoms. The molecule has 3 atom stereocenters. The van der Waals surface area contributed by atoms with Crippen molar-refractivity contribution in [3.05, 3.63) is 17.8 Å². The number of amides is 1. The Hall–Kier alpha value is -1.36. The van der Waals surface area contributed by atoms with Crippen molar-refractivity contribution in [1.29, 1.82) is 0 Å². The van der Waals surface area contributed by atoms with Gasteiger partial charge in [-0.05, 0) is 25.2 Å². The molecule has 2 N–H and O–H groups in total. The van der Waals surface area contributed by atoms with E-state index in [0.29, 0.717) is 24.4 Å². The molecule has 2 fully saturated rings. The Morgan fingerprint density at radius 3 is 3.10 bits per heavy atom. The van der Waals surface area contributed by atoms with E-state index in [9.17, 15) is 4.79 Å². The maximum atomic E-state index is 12.2. The normalized spacial score (nSPS) is 29.1. The number of hydrogen-bond acceptors (Lipinski definition) is 4. The number of oxazole rings is 1. The van der Waals surface area contributed by atoms with Crippen molar-refractivity contribution in [1.82, 2.24) is 15.6 Å². The lowest BCUT2D eigenvalue weighted by Crippen LogP contribution is -2.42. The number of carbonyl (C=O) groups excluding carboxylic acids is 1. The van der Waals surface area contributed by atoms with Crippen LogP contribution in [0.1, 0.15) is 50.7 Å². The largest absolute Gasteiger partial charge is 0.444 e. The number of rotatable bonds is 4. The van der Waals surface area contributed by atoms with Crippen molar-refractivity contribution < 1.29 is 9.21 Å². The fourth-order valence-corrected chi connectivity index (χ4v) is 3.40. The summed E-state index contributed by atoms with van der Waals surface area (Å²) in [5.74, 6) is 2.22. The zero-order chi connectivity index (χ0) is 13.9. The summed E-state index contributed by atoms with van der Waals surface area (Å²) in [5.41, 5.74) is 0. The van der Waals surface area contributed by atoms with Gasteiger partial charge in [-0.1, -0.05) is 19.8 Å². The Morgan fingerprint density at radius 2 is 2.35 bits per heavy atom. The van der Waals surface area contributed by atoms with Crippen LogP contribution in [0.3, 0.4) is 0 Å². The first-order chi connectivity index (χ1) is 9.76. The van der Waals surface area contributed by atoms with Crippen molar-refractivity contribution in [3.63, 3.8) is 0 Å². The Labute approximate surface area is 119 Å². The van der Waals surface area contributed by atoms with Gasteiger partial charge >= 0.3 is 0 Å². The predicted molar refractivity (Wildman–Crippen MR) is 75.0 cm³/mol. The Bertz CT molecular complexity index is 457. The Balaban J connectivity index is 1.49. The molecule has 1 amide bonds. The third-order valence-corrected chi connectivity index (χ3v) is 4.54. The van der Waals surface area contributed by atoms with E-state index in [4.69, 9.17) is 4.42 Å². The van der Waals surface area contributed by atoms with E-state index in [1.165, 1.54) is 25.7 Å². The first-order valence-electron chi connectivity index (χ1n) is 7.73. The maximum absolute atomic E-state index is 12.2. The summed E-state index contributed by atoms with van der Waals surface area (Å²) in [6.45, 7) is 2.40. The fraction of sp³-hybridized carbons (Fsp3) is 0.733. The molecule has 110 valence electrons. The van der Waals surface area contributed by atoms with Gasteiger partial charge < -0.3 is 15.1 Å². The highest BCUT2D eigenvalue weighted by molar-refractivity contribution is 5.82. The summed E-state index contributed by atoms with van der Waals surface area (Å²) >= 11 is 0. The van der Waals surface area contributed by atoms with Gasteiger partial charge in [-0.2, -0.15) is 0 Å². The van der Waals surface area contributed by atoms with Gasteiger partial charge in [0.1, 0.15) is 5.76 Å². The van der Waals surface area contributed by atoms with E-state index in [2.05, 4.69) is 15.6 Å². The van der Waals surface area contributed by atoms with Gasteiger partial charge in [0.15, 0.2) is 0 Å². The van der Waals surface area contributed by atoms with Crippen molar-refractivity contribution >= 4 is 5.91 Å². The van der Waals surface area contributed by atoms with Gasteiger partial charge in [-0.3, -0.25) is 4.79 Å². The lowest BCUT2D eigenvalue weighted by atomic mass is 9.85. The van der Waals surface area contributed by atoms with Crippen molar-refractivity contribution in [3.8, 4) is 0 Å². The summed E-state index contributed by atoms with van der Waals surface area (Å²) < 4.78 is 5.49. The Morgan fingerprint density at radius 1 is 1.50 bits per heavy atom. The number of nitrogens with one attached hydrogen (secondary N) is 2. The number of fused-ring (bicyclic) bond motifs is 1. The zero-order valence-corrected chi connectivity index (χ0v) is 12.0. The molecule has 3 unspecified atom stereocenters. The number of aromatic nitrogens is 1. The molecule has 1 aromatic rings. The fourth-order valence-electron chi connectivity index (χ4n) is 3.40. The molecule has 20 heavy (non-hydrogen) atoms. The molecule has 0 spiro atoms. The summed E-state index contributed by atoms with van der Waals surface area (Å²) in [7, 11) is 0. The van der Waals surface area contributed by atoms with E-state index < -0.39 is 0 Å². The van der Waals surface area contributed by atoms with Gasteiger partial charge in [-0.25, -0.2) is 4.98 Å². The number of aryl methyl sites for hydroxylation is 1. The topological polar surface area (TPSA) is 67.2 Å². The highest BCUT2D eigenvalue weighted by Crippen LogP contribution is 2.33. The van der Waals surface area contributed by atoms with E-state index in [1.54, 1.807) is 6.20 Å². The van der Waals surface area contributed by atoms with Gasteiger partial charge in [0.05, 0.1) is 18.8 Å². The smallest absolute Gasteiger partial charge is 0.237 e. The molecule has 1 aliphatic heterocycles. The van der Waals surface area contributed by atoms with Crippen molar-refractivity contribution in [2.24, 2.45) is 5.92 Å². The molecule has 5 heteroatoms. The second-order valence-electron chi connectivity index (χ2n) is 5.90. The average Bonchev–Trinajstić information content (AvgIpc) is 3.10. The number of carbonyl (C=O) groups is 1. The monoisotopic (exact) mass is 277 g/mol. The van der Waals surface area contributed by atoms with E-state index in [1.807, 2.05) is 6.92 Å². The second-order valence-corrected chi connectivity index (χ2v) is 5.90. The van der Waals surface area contributed by atoms with Crippen LogP contribution in [-0.2, 0) is 17.8 Å². The van der Waals surface area contributed by atoms with Crippen LogP contribution in [0.4, 0.5) is 0 Å². The molecule has 1 saturated carbocycles. The van der Waals surface area contributed by atoms with Crippen molar-refractivity contribution in [2.75, 3.05) is 0 Å². The molecular weight excluding hydrogens is 254 g/mol. The van der Waals surface area contributed by atoms with Crippen LogP contribution in [0.2, 0.25) is 0 Å². The molecule has 3 rings (SSSR count). The average molecular weight is 277 g/mol. The zero-order valence-electron chi connectivity index (χ0n) is 12.0. The minimum Gasteiger partial charge on any atom is -0.444 e. The van der Waals surface area contributed by atoms with Gasteiger partial charge in [-0.15, -0.1) is 0 Å². The predicted octanol–water partition coefficient (Wildman–Crippen LogP) is 1.77. The standard InChI is InChI=1S/C15H23N3O2/c1-2-11-8-16-14(20-11)9-17-15(19)13-7-10-5-3-4-6-12(10)18-13/h8,10,12-13,18H,2-7,9H2,1H3,(H,17,19). The quantitative estimate of drug-likeness (QED) is 0.880. The molecule has 2 aliphatic rings. The summed E-state index contributed by atoms with van der Waals surface area (Å²) in [4.78, 5) is 16.4. The van der Waals surface area contributed by atoms with Crippen LogP contribution < -0.4 is 10.6 Å². The minimum atomic E-state index is -0.0382. The molecule has 0 aromatic carbocycles. The minimum absolute atomic E-state index is 0.0382. The first-order valence-corrected chi connectivity index (χ1v) is 7.73. The molecular formula is C15H23N3O2. The molecule has 1 aliphatic carbocycles. The van der Waals surface area contributed by atoms with Crippen LogP contribution in [0, 0.1) is 5.92 Å². The van der Waals surface area contributed by atoms with E-state index in [-0.39, 0.29) is 11.9 Å². The maximum Gasteiger partial charge on any atom is 0.237 e. The third kappa shape index (κ3) is 2.87. The van der Waals surface area contributed by atoms with Crippen LogP contribution in [0.15, 0.2) is 10.6 Å². The summed E-state index contributed by atoms with van der Waals surface area (Å²) in [6, 6.07) is 0.511. The highest BCUT2D eigenvalue weighted by Gasteiger charge is 2.38. The van der Waals surface area contributed by atoms with Crippen LogP contribution in [0.5, 0.6) is 0 Å². The van der Waals surface area contributed by atoms with Crippen LogP contribution in [-0.4, -0.2) is 23.0 Å². The molecule has 2 heterocycles. The van der Waals surface area contributed by atoms with Crippen LogP contribution in [0.25, 0.3) is 0 Å². The summed E-state index contributed by atoms with van der Waals surface area (Å²) in [5, 5.41) is 6.41. The lowest BCUT2D eigenvalue weighted by molar-refractivity contribution is -0.123. The highest BCUT2D eigenvalue weighted by atomic mass is 16.4. The molecule has 0 radical (unpaired) electrons. The lowest BCUT2D eigenvalue weighted by Gasteiger charge is -2.24. The summed E-state index contributed by atoms with van der Waals surface area (Å²) in [6.07, 6.45) is 8.61. The van der Waals surface area contributed by atoms with E-state index >= 15 is 0 Å². The van der Waals surface area contributed by atoms with Crippen LogP contribution >= 0.6 is 0 Å². The van der Waals surface area contributed by atoms with Gasteiger partial charge in [0, 0.05) is 12.5 Å². The first kappa shape index (κ1) is 13.6. The van der Waals surface area contributed by atoms with Gasteiger partial charge in [0.2, 0.25) is 11.8 Å². The molecule has 5 nitrogen and oxygen atoms in total. The molecule has 1 aromatic heterocycles. The number of hydrogen-bond donors (Lipinski definition) is 2. The third-order valence-electron chi connectivity index (χ3n) is 4.54. The second kappa shape index (κ2) is 5.95.